The minimum Gasteiger partial charge on any atom is -0.456 e. The quantitative estimate of drug-likeness (QED) is 0.114. The first-order valence-corrected chi connectivity index (χ1v) is 19.1. The molecule has 0 bridgehead atoms. The van der Waals surface area contributed by atoms with E-state index in [0.29, 0.717) is 29.2 Å². The molecule has 0 unspecified atom stereocenters. The number of aromatic nitrogens is 7. The van der Waals surface area contributed by atoms with Crippen molar-refractivity contribution in [3.8, 4) is 28.8 Å². The first-order valence-electron chi connectivity index (χ1n) is 19.1. The highest BCUT2D eigenvalue weighted by atomic mass is 16.3. The second-order valence-electron chi connectivity index (χ2n) is 14.1. The average molecular weight is 747 g/mol. The minimum absolute atomic E-state index is 0.0202. The van der Waals surface area contributed by atoms with Gasteiger partial charge in [0, 0.05) is 35.7 Å². The lowest BCUT2D eigenvalue weighted by molar-refractivity contribution is 0.451. The predicted molar refractivity (Wildman–Crippen MR) is 220 cm³/mol. The van der Waals surface area contributed by atoms with Crippen molar-refractivity contribution in [2.24, 2.45) is 0 Å². The Balaban J connectivity index is 1.16. The Kier molecular flexibility index (Phi) is 9.32. The molecule has 0 atom stereocenters. The zero-order valence-electron chi connectivity index (χ0n) is 31.4. The third-order valence-electron chi connectivity index (χ3n) is 10.7. The molecule has 9 aromatic rings. The molecule has 278 valence electrons. The molecule has 0 aliphatic rings. The zero-order valence-corrected chi connectivity index (χ0v) is 31.4. The fourth-order valence-electron chi connectivity index (χ4n) is 8.01. The van der Waals surface area contributed by atoms with Gasteiger partial charge in [-0.2, -0.15) is 5.26 Å². The van der Waals surface area contributed by atoms with Crippen molar-refractivity contribution in [2.45, 2.75) is 44.8 Å². The van der Waals surface area contributed by atoms with Gasteiger partial charge in [0.2, 0.25) is 0 Å². The molecular formula is C47H38N8O2. The van der Waals surface area contributed by atoms with Crippen LogP contribution in [0.15, 0.2) is 161 Å². The van der Waals surface area contributed by atoms with E-state index in [1.807, 2.05) is 106 Å². The number of nitrogens with zero attached hydrogens (tertiary/aromatic N) is 8. The van der Waals surface area contributed by atoms with Crippen LogP contribution in [0.1, 0.15) is 47.8 Å². The number of pyridine rings is 1. The number of hydrogen-bond donors (Lipinski definition) is 0. The molecule has 0 radical (unpaired) electrons. The third-order valence-corrected chi connectivity index (χ3v) is 10.7. The molecule has 0 N–H and O–H groups in total. The van der Waals surface area contributed by atoms with Crippen molar-refractivity contribution in [3.05, 3.63) is 190 Å². The maximum absolute atomic E-state index is 13.6. The van der Waals surface area contributed by atoms with Crippen LogP contribution in [0.3, 0.4) is 0 Å². The van der Waals surface area contributed by atoms with Crippen molar-refractivity contribution >= 4 is 22.0 Å². The van der Waals surface area contributed by atoms with Gasteiger partial charge in [-0.05, 0) is 63.4 Å². The number of rotatable bonds is 12. The van der Waals surface area contributed by atoms with Gasteiger partial charge in [-0.1, -0.05) is 135 Å². The van der Waals surface area contributed by atoms with Crippen LogP contribution in [0.2, 0.25) is 0 Å². The highest BCUT2D eigenvalue weighted by molar-refractivity contribution is 5.87. The van der Waals surface area contributed by atoms with Crippen LogP contribution in [0.25, 0.3) is 44.7 Å². The number of hydrogen-bond acceptors (Lipinski definition) is 7. The predicted octanol–water partition coefficient (Wildman–Crippen LogP) is 9.02. The molecule has 0 saturated carbocycles. The number of aryl methyl sites for hydroxylation is 1. The maximum atomic E-state index is 13.6. The van der Waals surface area contributed by atoms with Gasteiger partial charge in [0.1, 0.15) is 34.8 Å². The summed E-state index contributed by atoms with van der Waals surface area (Å²) in [5.74, 6) is 2.11. The van der Waals surface area contributed by atoms with Crippen LogP contribution < -0.4 is 5.56 Å². The second-order valence-corrected chi connectivity index (χ2v) is 14.1. The Morgan fingerprint density at radius 1 is 0.772 bits per heavy atom. The fourth-order valence-corrected chi connectivity index (χ4v) is 8.01. The van der Waals surface area contributed by atoms with E-state index in [0.717, 1.165) is 69.4 Å². The molecule has 0 amide bonds. The Labute approximate surface area is 328 Å². The third kappa shape index (κ3) is 6.19. The SMILES string of the molecule is CCCCc1nc2ccn(CC#N)c(=O)c2n1Cc1ccc2oc(-c3ccccc3-c3nnnn3C(c3ccccc3)(c3ccccc3)c3ccccc3)cc2c1. The van der Waals surface area contributed by atoms with E-state index in [9.17, 15) is 10.1 Å². The molecule has 0 saturated heterocycles. The summed E-state index contributed by atoms with van der Waals surface area (Å²) in [5.41, 5.74) is 6.44. The fraction of sp³-hybridized carbons (Fsp3) is 0.149. The van der Waals surface area contributed by atoms with Gasteiger partial charge < -0.3 is 8.98 Å². The van der Waals surface area contributed by atoms with Crippen LogP contribution in [-0.2, 0) is 25.0 Å². The molecule has 0 aliphatic carbocycles. The van der Waals surface area contributed by atoms with Gasteiger partial charge in [0.25, 0.3) is 5.56 Å². The molecule has 4 aromatic heterocycles. The molecule has 9 rings (SSSR count). The summed E-state index contributed by atoms with van der Waals surface area (Å²) >= 11 is 0. The van der Waals surface area contributed by atoms with Crippen molar-refractivity contribution in [3.63, 3.8) is 0 Å². The summed E-state index contributed by atoms with van der Waals surface area (Å²) in [6.45, 7) is 2.57. The molecule has 4 heterocycles. The lowest BCUT2D eigenvalue weighted by Crippen LogP contribution is -2.39. The monoisotopic (exact) mass is 746 g/mol. The highest BCUT2D eigenvalue weighted by Crippen LogP contribution is 2.44. The number of imidazole rings is 1. The summed E-state index contributed by atoms with van der Waals surface area (Å²) in [6.07, 6.45) is 4.35. The first kappa shape index (κ1) is 35.3. The Morgan fingerprint density at radius 2 is 1.42 bits per heavy atom. The molecular weight excluding hydrogens is 709 g/mol. The smallest absolute Gasteiger partial charge is 0.277 e. The summed E-state index contributed by atoms with van der Waals surface area (Å²) in [7, 11) is 0. The topological polar surface area (TPSA) is 120 Å². The molecule has 0 fully saturated rings. The number of nitriles is 1. The second kappa shape index (κ2) is 15.0. The Bertz CT molecular complexity index is 2840. The van der Waals surface area contributed by atoms with Crippen LogP contribution >= 0.6 is 0 Å². The maximum Gasteiger partial charge on any atom is 0.277 e. The number of fused-ring (bicyclic) bond motifs is 2. The molecule has 5 aromatic carbocycles. The number of furan rings is 1. The van der Waals surface area contributed by atoms with Crippen molar-refractivity contribution in [1.29, 1.82) is 5.26 Å². The summed E-state index contributed by atoms with van der Waals surface area (Å²) in [6, 6.07) is 51.2. The zero-order chi connectivity index (χ0) is 38.8. The Hall–Kier alpha value is -7.38. The van der Waals surface area contributed by atoms with Gasteiger partial charge in [-0.25, -0.2) is 9.67 Å². The summed E-state index contributed by atoms with van der Waals surface area (Å²) < 4.78 is 12.0. The normalized spacial score (nSPS) is 11.6. The molecule has 0 spiro atoms. The van der Waals surface area contributed by atoms with Gasteiger partial charge >= 0.3 is 0 Å². The Morgan fingerprint density at radius 3 is 2.07 bits per heavy atom. The van der Waals surface area contributed by atoms with Crippen LogP contribution in [0.5, 0.6) is 0 Å². The van der Waals surface area contributed by atoms with Crippen molar-refractivity contribution in [1.82, 2.24) is 34.3 Å². The highest BCUT2D eigenvalue weighted by Gasteiger charge is 2.42. The lowest BCUT2D eigenvalue weighted by Gasteiger charge is -2.36. The van der Waals surface area contributed by atoms with Crippen LogP contribution in [0, 0.1) is 11.3 Å². The van der Waals surface area contributed by atoms with Crippen molar-refractivity contribution in [2.75, 3.05) is 0 Å². The molecule has 0 aliphatic heterocycles. The number of tetrazole rings is 1. The van der Waals surface area contributed by atoms with E-state index in [1.165, 1.54) is 4.57 Å². The van der Waals surface area contributed by atoms with Crippen LogP contribution in [-0.4, -0.2) is 34.3 Å². The van der Waals surface area contributed by atoms with E-state index in [4.69, 9.17) is 19.7 Å². The molecule has 57 heavy (non-hydrogen) atoms. The van der Waals surface area contributed by atoms with Gasteiger partial charge in [0.15, 0.2) is 5.82 Å². The van der Waals surface area contributed by atoms with E-state index < -0.39 is 5.54 Å². The van der Waals surface area contributed by atoms with E-state index in [2.05, 4.69) is 66.7 Å². The molecule has 10 heteroatoms. The summed E-state index contributed by atoms with van der Waals surface area (Å²) in [5, 5.41) is 24.1. The first-order chi connectivity index (χ1) is 28.1. The number of benzene rings is 5. The standard InChI is InChI=1S/C47H38N8O2/c1-2-3-23-43-49-40-26-28-53(29-27-48)46(56)44(40)54(43)32-33-24-25-41-34(30-33)31-42(57-41)38-21-13-14-22-39(38)45-50-51-52-55(45)47(35-15-7-4-8-16-35,36-17-9-5-10-18-36)37-19-11-6-12-20-37/h4-22,24-26,28,30-31H,2-3,23,29,32H2,1H3. The van der Waals surface area contributed by atoms with Crippen molar-refractivity contribution < 1.29 is 4.42 Å². The van der Waals surface area contributed by atoms with Gasteiger partial charge in [-0.15, -0.1) is 5.10 Å². The van der Waals surface area contributed by atoms with Gasteiger partial charge in [-0.3, -0.25) is 9.36 Å². The van der Waals surface area contributed by atoms with E-state index >= 15 is 0 Å². The van der Waals surface area contributed by atoms with E-state index in [-0.39, 0.29) is 12.1 Å². The minimum atomic E-state index is -0.913. The average Bonchev–Trinajstić information content (AvgIpc) is 4.01. The lowest BCUT2D eigenvalue weighted by atomic mass is 9.77. The van der Waals surface area contributed by atoms with Gasteiger partial charge in [0.05, 0.1) is 11.6 Å². The van der Waals surface area contributed by atoms with E-state index in [1.54, 1.807) is 6.20 Å². The number of unbranched alkanes of at least 4 members (excludes halogenated alkanes) is 1. The van der Waals surface area contributed by atoms with Crippen LogP contribution in [0.4, 0.5) is 0 Å². The summed E-state index contributed by atoms with van der Waals surface area (Å²) in [4.78, 5) is 18.4. The molecule has 10 nitrogen and oxygen atoms in total. The largest absolute Gasteiger partial charge is 0.456 e.